The van der Waals surface area contributed by atoms with Gasteiger partial charge in [0, 0.05) is 11.3 Å². The van der Waals surface area contributed by atoms with E-state index in [0.29, 0.717) is 5.88 Å². The lowest BCUT2D eigenvalue weighted by Gasteiger charge is -2.01. The quantitative estimate of drug-likeness (QED) is 0.832. The zero-order chi connectivity index (χ0) is 11.5. The highest BCUT2D eigenvalue weighted by molar-refractivity contribution is 6.17. The summed E-state index contributed by atoms with van der Waals surface area (Å²) in [5, 5.41) is 0. The van der Waals surface area contributed by atoms with Gasteiger partial charge in [0.1, 0.15) is 11.6 Å². The van der Waals surface area contributed by atoms with Crippen LogP contribution < -0.4 is 4.74 Å². The van der Waals surface area contributed by atoms with E-state index in [1.54, 1.807) is 7.11 Å². The van der Waals surface area contributed by atoms with Gasteiger partial charge in [0.2, 0.25) is 0 Å². The van der Waals surface area contributed by atoms with Crippen molar-refractivity contribution >= 4 is 11.6 Å². The minimum absolute atomic E-state index is 0.423. The summed E-state index contributed by atoms with van der Waals surface area (Å²) in [6, 6.07) is 7.77. The van der Waals surface area contributed by atoms with Crippen molar-refractivity contribution in [3.8, 4) is 17.1 Å². The summed E-state index contributed by atoms with van der Waals surface area (Å²) in [7, 11) is 1.65. The summed E-state index contributed by atoms with van der Waals surface area (Å²) in [5.41, 5.74) is 2.89. The fraction of sp³-hybridized carbons (Fsp3) is 0.250. The molecule has 3 nitrogen and oxygen atoms in total. The zero-order valence-corrected chi connectivity index (χ0v) is 10.0. The van der Waals surface area contributed by atoms with Gasteiger partial charge in [0.15, 0.2) is 0 Å². The molecule has 0 saturated heterocycles. The Morgan fingerprint density at radius 2 is 2.25 bits per heavy atom. The largest absolute Gasteiger partial charge is 0.497 e. The smallest absolute Gasteiger partial charge is 0.138 e. The maximum absolute atomic E-state index is 5.78. The molecule has 1 aromatic heterocycles. The van der Waals surface area contributed by atoms with E-state index < -0.39 is 0 Å². The Labute approximate surface area is 99.4 Å². The summed E-state index contributed by atoms with van der Waals surface area (Å²) in [4.78, 5) is 7.64. The highest BCUT2D eigenvalue weighted by Crippen LogP contribution is 2.22. The Morgan fingerprint density at radius 3 is 2.88 bits per heavy atom. The second-order valence-corrected chi connectivity index (χ2v) is 3.79. The first-order chi connectivity index (χ1) is 7.74. The molecule has 0 unspecified atom stereocenters. The van der Waals surface area contributed by atoms with E-state index in [0.717, 1.165) is 28.5 Å². The second-order valence-electron chi connectivity index (χ2n) is 3.52. The number of H-pyrrole nitrogens is 1. The third-order valence-corrected chi connectivity index (χ3v) is 2.71. The molecular weight excluding hydrogens is 224 g/mol. The van der Waals surface area contributed by atoms with Crippen molar-refractivity contribution in [3.63, 3.8) is 0 Å². The van der Waals surface area contributed by atoms with E-state index in [2.05, 4.69) is 9.97 Å². The van der Waals surface area contributed by atoms with Crippen molar-refractivity contribution < 1.29 is 4.74 Å². The highest BCUT2D eigenvalue weighted by Gasteiger charge is 2.07. The van der Waals surface area contributed by atoms with Crippen LogP contribution in [0.15, 0.2) is 24.3 Å². The number of aromatic nitrogens is 2. The van der Waals surface area contributed by atoms with Crippen LogP contribution in [0.25, 0.3) is 11.4 Å². The van der Waals surface area contributed by atoms with Gasteiger partial charge in [-0.2, -0.15) is 0 Å². The third kappa shape index (κ3) is 2.04. The molecule has 0 radical (unpaired) electrons. The maximum atomic E-state index is 5.78. The molecule has 1 heterocycles. The fourth-order valence-corrected chi connectivity index (χ4v) is 1.79. The van der Waals surface area contributed by atoms with E-state index >= 15 is 0 Å². The van der Waals surface area contributed by atoms with Gasteiger partial charge in [0.05, 0.1) is 18.7 Å². The summed E-state index contributed by atoms with van der Waals surface area (Å²) >= 11 is 5.78. The molecule has 0 saturated carbocycles. The minimum atomic E-state index is 0.423. The number of imidazole rings is 1. The van der Waals surface area contributed by atoms with Crippen LogP contribution >= 0.6 is 11.6 Å². The number of rotatable bonds is 3. The minimum Gasteiger partial charge on any atom is -0.497 e. The monoisotopic (exact) mass is 236 g/mol. The van der Waals surface area contributed by atoms with Crippen molar-refractivity contribution in [1.82, 2.24) is 9.97 Å². The molecule has 0 spiro atoms. The lowest BCUT2D eigenvalue weighted by molar-refractivity contribution is 0.415. The van der Waals surface area contributed by atoms with Crippen LogP contribution in [0.3, 0.4) is 0 Å². The van der Waals surface area contributed by atoms with Crippen molar-refractivity contribution in [1.29, 1.82) is 0 Å². The molecular formula is C12H13ClN2O. The first-order valence-corrected chi connectivity index (χ1v) is 5.54. The lowest BCUT2D eigenvalue weighted by atomic mass is 10.2. The summed E-state index contributed by atoms with van der Waals surface area (Å²) in [6.45, 7) is 1.97. The van der Waals surface area contributed by atoms with E-state index in [9.17, 15) is 0 Å². The molecule has 0 bridgehead atoms. The van der Waals surface area contributed by atoms with Crippen molar-refractivity contribution in [3.05, 3.63) is 35.7 Å². The van der Waals surface area contributed by atoms with Gasteiger partial charge in [-0.1, -0.05) is 12.1 Å². The van der Waals surface area contributed by atoms with E-state index in [1.165, 1.54) is 0 Å². The van der Waals surface area contributed by atoms with Crippen LogP contribution in [0.4, 0.5) is 0 Å². The average Bonchev–Trinajstić information content (AvgIpc) is 2.71. The highest BCUT2D eigenvalue weighted by atomic mass is 35.5. The standard InChI is InChI=1S/C12H13ClN2O/c1-8-11(7-13)15-12(14-8)9-4-3-5-10(6-9)16-2/h3-6H,7H2,1-2H3,(H,14,15). The number of hydrogen-bond acceptors (Lipinski definition) is 2. The predicted octanol–water partition coefficient (Wildman–Crippen LogP) is 3.13. The van der Waals surface area contributed by atoms with Gasteiger partial charge < -0.3 is 9.72 Å². The maximum Gasteiger partial charge on any atom is 0.138 e. The van der Waals surface area contributed by atoms with Crippen LogP contribution in [-0.2, 0) is 5.88 Å². The van der Waals surface area contributed by atoms with Crippen LogP contribution in [0.5, 0.6) is 5.75 Å². The van der Waals surface area contributed by atoms with Gasteiger partial charge in [-0.15, -0.1) is 11.6 Å². The summed E-state index contributed by atoms with van der Waals surface area (Å²) in [6.07, 6.45) is 0. The van der Waals surface area contributed by atoms with Crippen LogP contribution in [0.1, 0.15) is 11.4 Å². The summed E-state index contributed by atoms with van der Waals surface area (Å²) in [5.74, 6) is 2.07. The zero-order valence-electron chi connectivity index (χ0n) is 9.25. The Bertz CT molecular complexity index is 494. The molecule has 16 heavy (non-hydrogen) atoms. The number of aryl methyl sites for hydroxylation is 1. The van der Waals surface area contributed by atoms with Gasteiger partial charge in [-0.3, -0.25) is 0 Å². The van der Waals surface area contributed by atoms with Crippen molar-refractivity contribution in [2.75, 3.05) is 7.11 Å². The topological polar surface area (TPSA) is 37.9 Å². The number of alkyl halides is 1. The molecule has 0 aliphatic carbocycles. The van der Waals surface area contributed by atoms with Crippen LogP contribution in [0.2, 0.25) is 0 Å². The third-order valence-electron chi connectivity index (χ3n) is 2.46. The molecule has 0 amide bonds. The molecule has 0 atom stereocenters. The molecule has 2 aromatic rings. The number of benzene rings is 1. The van der Waals surface area contributed by atoms with Gasteiger partial charge in [0.25, 0.3) is 0 Å². The van der Waals surface area contributed by atoms with Crippen LogP contribution in [0, 0.1) is 6.92 Å². The van der Waals surface area contributed by atoms with Crippen molar-refractivity contribution in [2.24, 2.45) is 0 Å². The normalized spacial score (nSPS) is 10.4. The number of aromatic amines is 1. The number of nitrogens with one attached hydrogen (secondary N) is 1. The number of hydrogen-bond donors (Lipinski definition) is 1. The average molecular weight is 237 g/mol. The SMILES string of the molecule is COc1cccc(-c2nc(CCl)c(C)[nH]2)c1. The lowest BCUT2D eigenvalue weighted by Crippen LogP contribution is -1.85. The molecule has 84 valence electrons. The predicted molar refractivity (Wildman–Crippen MR) is 64.9 cm³/mol. The first-order valence-electron chi connectivity index (χ1n) is 5.00. The Balaban J connectivity index is 2.41. The van der Waals surface area contributed by atoms with Gasteiger partial charge in [-0.05, 0) is 19.1 Å². The molecule has 0 fully saturated rings. The Morgan fingerprint density at radius 1 is 1.44 bits per heavy atom. The van der Waals surface area contributed by atoms with Gasteiger partial charge in [-0.25, -0.2) is 4.98 Å². The molecule has 0 aliphatic heterocycles. The Hall–Kier alpha value is -1.48. The van der Waals surface area contributed by atoms with Gasteiger partial charge >= 0.3 is 0 Å². The molecule has 2 rings (SSSR count). The molecule has 4 heteroatoms. The van der Waals surface area contributed by atoms with Crippen LogP contribution in [-0.4, -0.2) is 17.1 Å². The molecule has 1 aromatic carbocycles. The van der Waals surface area contributed by atoms with E-state index in [4.69, 9.17) is 16.3 Å². The number of halogens is 1. The number of methoxy groups -OCH3 is 1. The second kappa shape index (κ2) is 4.58. The Kier molecular flexibility index (Phi) is 3.15. The number of ether oxygens (including phenoxy) is 1. The fourth-order valence-electron chi connectivity index (χ4n) is 1.53. The molecule has 1 N–H and O–H groups in total. The molecule has 0 aliphatic rings. The van der Waals surface area contributed by atoms with E-state index in [1.807, 2.05) is 31.2 Å². The number of nitrogens with zero attached hydrogens (tertiary/aromatic N) is 1. The summed E-state index contributed by atoms with van der Waals surface area (Å²) < 4.78 is 5.17. The first kappa shape index (κ1) is 11.0. The van der Waals surface area contributed by atoms with E-state index in [-0.39, 0.29) is 0 Å². The van der Waals surface area contributed by atoms with Crippen molar-refractivity contribution in [2.45, 2.75) is 12.8 Å².